The second kappa shape index (κ2) is 7.22. The summed E-state index contributed by atoms with van der Waals surface area (Å²) in [5.74, 6) is -0.851. The van der Waals surface area contributed by atoms with Gasteiger partial charge in [-0.2, -0.15) is 0 Å². The van der Waals surface area contributed by atoms with Gasteiger partial charge in [0.15, 0.2) is 0 Å². The van der Waals surface area contributed by atoms with Crippen LogP contribution in [0.5, 0.6) is 0 Å². The summed E-state index contributed by atoms with van der Waals surface area (Å²) >= 11 is 0. The zero-order valence-electron chi connectivity index (χ0n) is 13.0. The zero-order valence-corrected chi connectivity index (χ0v) is 13.0. The zero-order chi connectivity index (χ0) is 15.4. The Kier molecular flexibility index (Phi) is 5.58. The Bertz CT molecular complexity index is 376. The number of likely N-dealkylation sites (tertiary alicyclic amines) is 1. The first-order valence-electron chi connectivity index (χ1n) is 7.89. The maximum atomic E-state index is 12.5. The lowest BCUT2D eigenvalue weighted by Crippen LogP contribution is -2.55. The van der Waals surface area contributed by atoms with Gasteiger partial charge in [0.1, 0.15) is 0 Å². The molecule has 0 aromatic carbocycles. The average molecular weight is 298 g/mol. The molecule has 3 atom stereocenters. The van der Waals surface area contributed by atoms with E-state index in [1.807, 2.05) is 13.8 Å². The fraction of sp³-hybridized carbons (Fsp3) is 0.867. The van der Waals surface area contributed by atoms with Gasteiger partial charge in [-0.3, -0.25) is 9.59 Å². The minimum atomic E-state index is -0.429. The Morgan fingerprint density at radius 2 is 1.81 bits per heavy atom. The van der Waals surface area contributed by atoms with Crippen LogP contribution in [0, 0.1) is 0 Å². The fourth-order valence-electron chi connectivity index (χ4n) is 3.32. The van der Waals surface area contributed by atoms with Crippen molar-refractivity contribution in [2.24, 2.45) is 0 Å². The highest BCUT2D eigenvalue weighted by Crippen LogP contribution is 2.21. The Labute approximate surface area is 126 Å². The minimum Gasteiger partial charge on any atom is -0.396 e. The summed E-state index contributed by atoms with van der Waals surface area (Å²) in [4.78, 5) is 28.2. The van der Waals surface area contributed by atoms with Crippen LogP contribution in [0.3, 0.4) is 0 Å². The summed E-state index contributed by atoms with van der Waals surface area (Å²) in [6.07, 6.45) is 3.32. The molecule has 21 heavy (non-hydrogen) atoms. The topological polar surface area (TPSA) is 70.1 Å². The summed E-state index contributed by atoms with van der Waals surface area (Å²) in [6, 6.07) is -0.00362. The molecule has 3 unspecified atom stereocenters. The molecule has 6 heteroatoms. The lowest BCUT2D eigenvalue weighted by Gasteiger charge is -2.39. The highest BCUT2D eigenvalue weighted by molar-refractivity contribution is 6.35. The molecule has 0 saturated carbocycles. The van der Waals surface area contributed by atoms with Gasteiger partial charge in [0.2, 0.25) is 0 Å². The summed E-state index contributed by atoms with van der Waals surface area (Å²) < 4.78 is 5.60. The first-order valence-corrected chi connectivity index (χ1v) is 7.89. The van der Waals surface area contributed by atoms with Gasteiger partial charge in [-0.1, -0.05) is 0 Å². The predicted molar refractivity (Wildman–Crippen MR) is 77.6 cm³/mol. The van der Waals surface area contributed by atoms with E-state index in [0.717, 1.165) is 19.3 Å². The van der Waals surface area contributed by atoms with Gasteiger partial charge in [-0.25, -0.2) is 0 Å². The number of aliphatic hydroxyl groups excluding tert-OH is 1. The smallest absolute Gasteiger partial charge is 0.312 e. The van der Waals surface area contributed by atoms with E-state index in [1.54, 1.807) is 9.80 Å². The lowest BCUT2D eigenvalue weighted by atomic mass is 9.99. The van der Waals surface area contributed by atoms with Crippen LogP contribution in [0.25, 0.3) is 0 Å². The molecule has 0 aromatic rings. The van der Waals surface area contributed by atoms with Crippen LogP contribution in [0.1, 0.15) is 39.5 Å². The number of morpholine rings is 1. The third-order valence-corrected chi connectivity index (χ3v) is 4.24. The van der Waals surface area contributed by atoms with Crippen LogP contribution < -0.4 is 0 Å². The third kappa shape index (κ3) is 3.95. The number of amides is 2. The van der Waals surface area contributed by atoms with Crippen LogP contribution in [0.2, 0.25) is 0 Å². The van der Waals surface area contributed by atoms with E-state index >= 15 is 0 Å². The monoisotopic (exact) mass is 298 g/mol. The van der Waals surface area contributed by atoms with Crippen molar-refractivity contribution in [3.05, 3.63) is 0 Å². The van der Waals surface area contributed by atoms with Gasteiger partial charge in [-0.05, 0) is 39.5 Å². The van der Waals surface area contributed by atoms with Crippen LogP contribution in [-0.2, 0) is 14.3 Å². The fourth-order valence-corrected chi connectivity index (χ4v) is 3.32. The number of aliphatic hydroxyl groups is 1. The van der Waals surface area contributed by atoms with Crippen molar-refractivity contribution >= 4 is 11.8 Å². The Balaban J connectivity index is 2.01. The molecule has 0 aliphatic carbocycles. The number of hydrogen-bond donors (Lipinski definition) is 1. The van der Waals surface area contributed by atoms with Gasteiger partial charge in [0, 0.05) is 32.3 Å². The number of carbonyl (C=O) groups is 2. The minimum absolute atomic E-state index is 0.00362. The van der Waals surface area contributed by atoms with Crippen molar-refractivity contribution in [2.45, 2.75) is 57.8 Å². The molecule has 0 radical (unpaired) electrons. The van der Waals surface area contributed by atoms with Crippen LogP contribution in [-0.4, -0.2) is 71.2 Å². The van der Waals surface area contributed by atoms with E-state index < -0.39 is 11.8 Å². The van der Waals surface area contributed by atoms with Gasteiger partial charge in [-0.15, -0.1) is 0 Å². The lowest BCUT2D eigenvalue weighted by molar-refractivity contribution is -0.160. The van der Waals surface area contributed by atoms with Crippen molar-refractivity contribution < 1.29 is 19.4 Å². The van der Waals surface area contributed by atoms with Gasteiger partial charge < -0.3 is 19.6 Å². The molecule has 2 rings (SSSR count). The summed E-state index contributed by atoms with van der Waals surface area (Å²) in [5, 5.41) is 9.12. The number of ether oxygens (including phenoxy) is 1. The maximum Gasteiger partial charge on any atom is 0.312 e. The van der Waals surface area contributed by atoms with E-state index in [9.17, 15) is 9.59 Å². The average Bonchev–Trinajstić information content (AvgIpc) is 2.45. The second-order valence-corrected chi connectivity index (χ2v) is 6.13. The molecule has 1 N–H and O–H groups in total. The van der Waals surface area contributed by atoms with Crippen molar-refractivity contribution in [3.63, 3.8) is 0 Å². The van der Waals surface area contributed by atoms with Crippen LogP contribution in [0.15, 0.2) is 0 Å². The molecular formula is C15H26N2O4. The largest absolute Gasteiger partial charge is 0.396 e. The van der Waals surface area contributed by atoms with E-state index in [2.05, 4.69) is 0 Å². The van der Waals surface area contributed by atoms with Crippen molar-refractivity contribution in [2.75, 3.05) is 26.2 Å². The first-order chi connectivity index (χ1) is 10.0. The molecule has 2 amide bonds. The highest BCUT2D eigenvalue weighted by atomic mass is 16.5. The standard InChI is InChI=1S/C15H26N2O4/c1-11-9-16(10-12(2)21-11)14(19)15(20)17-7-4-3-5-13(17)6-8-18/h11-13,18H,3-10H2,1-2H3. The Morgan fingerprint density at radius 3 is 2.43 bits per heavy atom. The predicted octanol–water partition coefficient (Wildman–Crippen LogP) is 0.386. The second-order valence-electron chi connectivity index (χ2n) is 6.13. The van der Waals surface area contributed by atoms with Gasteiger partial charge in [0.25, 0.3) is 0 Å². The SMILES string of the molecule is CC1CN(C(=O)C(=O)N2CCCCC2CCO)CC(C)O1. The summed E-state index contributed by atoms with van der Waals surface area (Å²) in [5.41, 5.74) is 0. The highest BCUT2D eigenvalue weighted by Gasteiger charge is 2.35. The van der Waals surface area contributed by atoms with E-state index in [0.29, 0.717) is 26.1 Å². The Morgan fingerprint density at radius 1 is 1.14 bits per heavy atom. The Hall–Kier alpha value is -1.14. The van der Waals surface area contributed by atoms with Crippen molar-refractivity contribution in [1.29, 1.82) is 0 Å². The molecule has 0 spiro atoms. The maximum absolute atomic E-state index is 12.5. The van der Waals surface area contributed by atoms with Crippen LogP contribution >= 0.6 is 0 Å². The van der Waals surface area contributed by atoms with Crippen molar-refractivity contribution in [3.8, 4) is 0 Å². The van der Waals surface area contributed by atoms with Gasteiger partial charge in [0.05, 0.1) is 12.2 Å². The van der Waals surface area contributed by atoms with Crippen molar-refractivity contribution in [1.82, 2.24) is 9.80 Å². The number of carbonyl (C=O) groups excluding carboxylic acids is 2. The number of piperidine rings is 1. The normalized spacial score (nSPS) is 30.3. The molecule has 2 fully saturated rings. The quantitative estimate of drug-likeness (QED) is 0.749. The molecule has 120 valence electrons. The molecule has 2 aliphatic rings. The summed E-state index contributed by atoms with van der Waals surface area (Å²) in [6.45, 7) is 5.42. The molecule has 0 bridgehead atoms. The molecule has 2 heterocycles. The van der Waals surface area contributed by atoms with E-state index in [1.165, 1.54) is 0 Å². The molecular weight excluding hydrogens is 272 g/mol. The van der Waals surface area contributed by atoms with Gasteiger partial charge >= 0.3 is 11.8 Å². The van der Waals surface area contributed by atoms with Crippen LogP contribution in [0.4, 0.5) is 0 Å². The molecule has 2 saturated heterocycles. The molecule has 0 aromatic heterocycles. The van der Waals surface area contributed by atoms with E-state index in [4.69, 9.17) is 9.84 Å². The number of nitrogens with zero attached hydrogens (tertiary/aromatic N) is 2. The third-order valence-electron chi connectivity index (χ3n) is 4.24. The number of rotatable bonds is 2. The number of hydrogen-bond acceptors (Lipinski definition) is 4. The molecule has 2 aliphatic heterocycles. The first kappa shape index (κ1) is 16.2. The summed E-state index contributed by atoms with van der Waals surface area (Å²) in [7, 11) is 0. The van der Waals surface area contributed by atoms with E-state index in [-0.39, 0.29) is 24.9 Å². The molecule has 6 nitrogen and oxygen atoms in total.